The van der Waals surface area contributed by atoms with Gasteiger partial charge in [-0.3, -0.25) is 10.1 Å². The van der Waals surface area contributed by atoms with E-state index in [1.54, 1.807) is 6.20 Å². The summed E-state index contributed by atoms with van der Waals surface area (Å²) >= 11 is 1.25. The number of carbonyl (C=O) groups excluding carboxylic acids is 1. The first-order valence-electron chi connectivity index (χ1n) is 8.33. The molecule has 2 aromatic carbocycles. The van der Waals surface area contributed by atoms with Crippen molar-refractivity contribution in [3.8, 4) is 11.4 Å². The zero-order valence-electron chi connectivity index (χ0n) is 14.8. The summed E-state index contributed by atoms with van der Waals surface area (Å²) in [5.74, 6) is -2.19. The molecule has 0 saturated heterocycles. The second-order valence-electron chi connectivity index (χ2n) is 6.20. The Bertz CT molecular complexity index is 1230. The second-order valence-corrected chi connectivity index (χ2v) is 7.43. The van der Waals surface area contributed by atoms with Crippen LogP contribution in [0.1, 0.15) is 27.2 Å². The smallest absolute Gasteiger partial charge is 0.264 e. The molecule has 0 saturated carbocycles. The fraction of sp³-hybridized carbons (Fsp3) is 0.105. The number of anilines is 1. The lowest BCUT2D eigenvalue weighted by Gasteiger charge is -2.06. The molecule has 2 N–H and O–H groups in total. The number of aryl methyl sites for hydroxylation is 1. The number of thiazole rings is 1. The molecule has 4 rings (SSSR count). The molecule has 29 heavy (non-hydrogen) atoms. The number of rotatable bonds is 4. The number of carbonyl (C=O) groups is 1. The molecular weight excluding hydrogens is 408 g/mol. The number of alkyl halides is 2. The topological polar surface area (TPSA) is 70.7 Å². The predicted octanol–water partition coefficient (Wildman–Crippen LogP) is 5.46. The van der Waals surface area contributed by atoms with Crippen LogP contribution in [0.4, 0.5) is 22.7 Å². The highest BCUT2D eigenvalue weighted by Gasteiger charge is 2.21. The van der Waals surface area contributed by atoms with Gasteiger partial charge in [-0.25, -0.2) is 27.5 Å². The molecule has 0 atom stereocenters. The summed E-state index contributed by atoms with van der Waals surface area (Å²) in [6, 6.07) is 4.99. The quantitative estimate of drug-likeness (QED) is 0.431. The number of benzene rings is 2. The number of hydrogen-bond donors (Lipinski definition) is 2. The summed E-state index contributed by atoms with van der Waals surface area (Å²) in [6.45, 7) is 1.82. The summed E-state index contributed by atoms with van der Waals surface area (Å²) in [5, 5.41) is 2.90. The lowest BCUT2D eigenvalue weighted by Crippen LogP contribution is -2.12. The average molecular weight is 420 g/mol. The lowest BCUT2D eigenvalue weighted by molar-refractivity contribution is 0.102. The highest BCUT2D eigenvalue weighted by Crippen LogP contribution is 2.32. The number of hydrogen-bond acceptors (Lipinski definition) is 4. The molecule has 2 heterocycles. The Kier molecular flexibility index (Phi) is 4.79. The van der Waals surface area contributed by atoms with Gasteiger partial charge in [0.05, 0.1) is 11.1 Å². The molecule has 0 aliphatic rings. The molecule has 148 valence electrons. The van der Waals surface area contributed by atoms with Crippen LogP contribution in [0.15, 0.2) is 36.5 Å². The number of amides is 1. The maximum absolute atomic E-state index is 14.1. The Morgan fingerprint density at radius 3 is 2.66 bits per heavy atom. The SMILES string of the molecule is Cc1cnc(NC(=O)c2cc(F)cc3[nH]c(-c4ccc(F)cc4C(F)F)nc23)s1. The molecule has 0 spiro atoms. The minimum atomic E-state index is -2.94. The number of H-pyrrole nitrogens is 1. The minimum Gasteiger partial charge on any atom is -0.338 e. The van der Waals surface area contributed by atoms with Crippen LogP contribution in [0.25, 0.3) is 22.4 Å². The summed E-state index contributed by atoms with van der Waals surface area (Å²) in [6.07, 6.45) is -1.37. The highest BCUT2D eigenvalue weighted by molar-refractivity contribution is 7.15. The van der Waals surface area contributed by atoms with Crippen LogP contribution in [0.3, 0.4) is 0 Å². The Morgan fingerprint density at radius 2 is 1.97 bits per heavy atom. The van der Waals surface area contributed by atoms with Gasteiger partial charge in [0.2, 0.25) is 0 Å². The predicted molar refractivity (Wildman–Crippen MR) is 101 cm³/mol. The van der Waals surface area contributed by atoms with E-state index >= 15 is 0 Å². The zero-order valence-corrected chi connectivity index (χ0v) is 15.6. The first kappa shape index (κ1) is 19.1. The maximum atomic E-state index is 14.1. The molecule has 0 aliphatic carbocycles. The lowest BCUT2D eigenvalue weighted by atomic mass is 10.1. The number of fused-ring (bicyclic) bond motifs is 1. The number of nitrogens with one attached hydrogen (secondary N) is 2. The molecule has 1 amide bonds. The van der Waals surface area contributed by atoms with E-state index in [0.717, 1.165) is 29.1 Å². The van der Waals surface area contributed by atoms with Crippen LogP contribution < -0.4 is 5.32 Å². The largest absolute Gasteiger partial charge is 0.338 e. The summed E-state index contributed by atoms with van der Waals surface area (Å²) in [4.78, 5) is 24.5. The van der Waals surface area contributed by atoms with Gasteiger partial charge in [-0.05, 0) is 37.3 Å². The molecule has 0 bridgehead atoms. The first-order chi connectivity index (χ1) is 13.8. The average Bonchev–Trinajstić information content (AvgIpc) is 3.26. The second kappa shape index (κ2) is 7.28. The van der Waals surface area contributed by atoms with Gasteiger partial charge in [0.15, 0.2) is 5.13 Å². The van der Waals surface area contributed by atoms with Crippen molar-refractivity contribution in [2.45, 2.75) is 13.3 Å². The van der Waals surface area contributed by atoms with Crippen molar-refractivity contribution in [2.75, 3.05) is 5.32 Å². The van der Waals surface area contributed by atoms with Crippen LogP contribution in [0, 0.1) is 18.6 Å². The molecule has 5 nitrogen and oxygen atoms in total. The van der Waals surface area contributed by atoms with E-state index in [9.17, 15) is 22.4 Å². The van der Waals surface area contributed by atoms with E-state index in [1.165, 1.54) is 11.3 Å². The van der Waals surface area contributed by atoms with Crippen molar-refractivity contribution in [2.24, 2.45) is 0 Å². The number of nitrogens with zero attached hydrogens (tertiary/aromatic N) is 2. The molecule has 10 heteroatoms. The summed E-state index contributed by atoms with van der Waals surface area (Å²) < 4.78 is 54.1. The highest BCUT2D eigenvalue weighted by atomic mass is 32.1. The van der Waals surface area contributed by atoms with Gasteiger partial charge in [0, 0.05) is 22.2 Å². The third kappa shape index (κ3) is 3.70. The molecule has 0 unspecified atom stereocenters. The van der Waals surface area contributed by atoms with Gasteiger partial charge >= 0.3 is 0 Å². The van der Waals surface area contributed by atoms with Gasteiger partial charge in [-0.15, -0.1) is 11.3 Å². The number of imidazole rings is 1. The van der Waals surface area contributed by atoms with Gasteiger partial charge < -0.3 is 4.98 Å². The first-order valence-corrected chi connectivity index (χ1v) is 9.14. The van der Waals surface area contributed by atoms with Gasteiger partial charge in [0.1, 0.15) is 23.0 Å². The molecule has 0 aliphatic heterocycles. The van der Waals surface area contributed by atoms with E-state index in [4.69, 9.17) is 0 Å². The maximum Gasteiger partial charge on any atom is 0.264 e. The minimum absolute atomic E-state index is 0.0277. The van der Waals surface area contributed by atoms with E-state index in [1.807, 2.05) is 6.92 Å². The number of aromatic amines is 1. The monoisotopic (exact) mass is 420 g/mol. The molecule has 2 aromatic heterocycles. The zero-order chi connectivity index (χ0) is 20.7. The Morgan fingerprint density at radius 1 is 1.17 bits per heavy atom. The van der Waals surface area contributed by atoms with Crippen molar-refractivity contribution >= 4 is 33.4 Å². The Hall–Kier alpha value is -3.27. The van der Waals surface area contributed by atoms with Crippen LogP contribution >= 0.6 is 11.3 Å². The normalized spacial score (nSPS) is 11.4. The van der Waals surface area contributed by atoms with Crippen LogP contribution in [-0.2, 0) is 0 Å². The van der Waals surface area contributed by atoms with Crippen molar-refractivity contribution in [3.05, 3.63) is 64.2 Å². The van der Waals surface area contributed by atoms with Crippen molar-refractivity contribution in [3.63, 3.8) is 0 Å². The van der Waals surface area contributed by atoms with E-state index in [0.29, 0.717) is 11.2 Å². The third-order valence-corrected chi connectivity index (χ3v) is 4.97. The van der Waals surface area contributed by atoms with Crippen molar-refractivity contribution in [1.29, 1.82) is 0 Å². The molecular formula is C19H12F4N4OS. The van der Waals surface area contributed by atoms with Crippen LogP contribution in [0.2, 0.25) is 0 Å². The Balaban J connectivity index is 1.81. The van der Waals surface area contributed by atoms with Gasteiger partial charge in [-0.2, -0.15) is 0 Å². The molecule has 0 fully saturated rings. The van der Waals surface area contributed by atoms with Crippen LogP contribution in [0.5, 0.6) is 0 Å². The van der Waals surface area contributed by atoms with Gasteiger partial charge in [0.25, 0.3) is 12.3 Å². The molecule has 4 aromatic rings. The van der Waals surface area contributed by atoms with E-state index in [-0.39, 0.29) is 28.0 Å². The Labute approximate surface area is 165 Å². The van der Waals surface area contributed by atoms with Crippen molar-refractivity contribution < 1.29 is 22.4 Å². The molecule has 0 radical (unpaired) electrons. The fourth-order valence-corrected chi connectivity index (χ4v) is 3.55. The summed E-state index contributed by atoms with van der Waals surface area (Å²) in [5.41, 5.74) is -0.452. The standard InChI is InChI=1S/C19H12F4N4OS/c1-8-7-24-19(29-8)27-18(28)13-5-10(21)6-14-15(13)26-17(25-14)11-3-2-9(20)4-12(11)16(22)23/h2-7,16H,1H3,(H,25,26)(H,24,27,28). The fourth-order valence-electron chi connectivity index (χ4n) is 2.89. The van der Waals surface area contributed by atoms with Gasteiger partial charge in [-0.1, -0.05) is 0 Å². The summed E-state index contributed by atoms with van der Waals surface area (Å²) in [7, 11) is 0. The third-order valence-electron chi connectivity index (χ3n) is 4.14. The van der Waals surface area contributed by atoms with Crippen LogP contribution in [-0.4, -0.2) is 20.9 Å². The van der Waals surface area contributed by atoms with E-state index in [2.05, 4.69) is 20.3 Å². The van der Waals surface area contributed by atoms with E-state index < -0.39 is 29.5 Å². The number of aromatic nitrogens is 3. The van der Waals surface area contributed by atoms with Crippen molar-refractivity contribution in [1.82, 2.24) is 15.0 Å². The number of halogens is 4.